The molecule has 0 spiro atoms. The van der Waals surface area contributed by atoms with Gasteiger partial charge in [-0.05, 0) is 38.7 Å². The Labute approximate surface area is 181 Å². The van der Waals surface area contributed by atoms with Gasteiger partial charge in [0.05, 0.1) is 6.54 Å². The Kier molecular flexibility index (Phi) is 7.16. The fraction of sp³-hybridized carbons (Fsp3) is 0.450. The van der Waals surface area contributed by atoms with E-state index in [-0.39, 0.29) is 5.91 Å². The maximum absolute atomic E-state index is 12.2. The van der Waals surface area contributed by atoms with Gasteiger partial charge in [0.1, 0.15) is 5.82 Å². The van der Waals surface area contributed by atoms with E-state index in [1.807, 2.05) is 49.0 Å². The first-order valence-corrected chi connectivity index (χ1v) is 10.3. The molecule has 9 heteroatoms. The van der Waals surface area contributed by atoms with Crippen molar-refractivity contribution in [1.29, 1.82) is 0 Å². The predicted octanol–water partition coefficient (Wildman–Crippen LogP) is 2.91. The molecule has 0 aliphatic carbocycles. The van der Waals surface area contributed by atoms with Crippen molar-refractivity contribution in [3.8, 4) is 0 Å². The number of nitrogens with zero attached hydrogens (tertiary/aromatic N) is 5. The van der Waals surface area contributed by atoms with Crippen LogP contribution in [0.15, 0.2) is 24.3 Å². The first-order valence-electron chi connectivity index (χ1n) is 9.53. The molecular formula is C20H26Cl2N6O. The molecule has 1 saturated heterocycles. The van der Waals surface area contributed by atoms with Crippen molar-refractivity contribution < 1.29 is 4.79 Å². The molecule has 1 aliphatic heterocycles. The van der Waals surface area contributed by atoms with Crippen LogP contribution in [-0.2, 0) is 11.3 Å². The van der Waals surface area contributed by atoms with Crippen molar-refractivity contribution >= 4 is 40.9 Å². The number of halogens is 2. The largest absolute Gasteiger partial charge is 0.366 e. The molecule has 1 aliphatic rings. The Morgan fingerprint density at radius 3 is 2.52 bits per heavy atom. The molecule has 0 unspecified atom stereocenters. The van der Waals surface area contributed by atoms with Gasteiger partial charge in [0.25, 0.3) is 0 Å². The summed E-state index contributed by atoms with van der Waals surface area (Å²) >= 11 is 12.2. The van der Waals surface area contributed by atoms with Crippen molar-refractivity contribution in [3.05, 3.63) is 45.6 Å². The van der Waals surface area contributed by atoms with Crippen molar-refractivity contribution in [2.75, 3.05) is 57.0 Å². The maximum atomic E-state index is 12.2. The molecule has 1 amide bonds. The molecule has 0 bridgehead atoms. The number of anilines is 2. The molecule has 1 fully saturated rings. The Hall–Kier alpha value is -2.09. The number of rotatable bonds is 6. The molecule has 1 N–H and O–H groups in total. The summed E-state index contributed by atoms with van der Waals surface area (Å²) in [4.78, 5) is 27.4. The Morgan fingerprint density at radius 1 is 1.14 bits per heavy atom. The number of hydrogen-bond acceptors (Lipinski definition) is 6. The van der Waals surface area contributed by atoms with Gasteiger partial charge in [-0.15, -0.1) is 0 Å². The van der Waals surface area contributed by atoms with Crippen molar-refractivity contribution in [3.63, 3.8) is 0 Å². The van der Waals surface area contributed by atoms with E-state index in [9.17, 15) is 4.79 Å². The van der Waals surface area contributed by atoms with Gasteiger partial charge in [0, 0.05) is 54.5 Å². The second-order valence-corrected chi connectivity index (χ2v) is 8.23. The van der Waals surface area contributed by atoms with Crippen LogP contribution in [0.25, 0.3) is 0 Å². The summed E-state index contributed by atoms with van der Waals surface area (Å²) in [5, 5.41) is 4.55. The van der Waals surface area contributed by atoms with Gasteiger partial charge in [0.15, 0.2) is 0 Å². The third-order valence-corrected chi connectivity index (χ3v) is 5.27. The van der Waals surface area contributed by atoms with Crippen LogP contribution in [0.1, 0.15) is 11.3 Å². The minimum atomic E-state index is 0.155. The lowest BCUT2D eigenvalue weighted by Gasteiger charge is -2.35. The molecule has 2 heterocycles. The first-order chi connectivity index (χ1) is 13.8. The summed E-state index contributed by atoms with van der Waals surface area (Å²) in [6.07, 6.45) is 0. The highest BCUT2D eigenvalue weighted by molar-refractivity contribution is 6.35. The highest BCUT2D eigenvalue weighted by Gasteiger charge is 2.23. The monoisotopic (exact) mass is 436 g/mol. The van der Waals surface area contributed by atoms with Gasteiger partial charge in [-0.3, -0.25) is 4.79 Å². The lowest BCUT2D eigenvalue weighted by atomic mass is 10.2. The summed E-state index contributed by atoms with van der Waals surface area (Å²) in [6.45, 7) is 5.69. The van der Waals surface area contributed by atoms with E-state index in [0.717, 1.165) is 17.1 Å². The quantitative estimate of drug-likeness (QED) is 0.750. The van der Waals surface area contributed by atoms with Crippen LogP contribution in [0.2, 0.25) is 10.0 Å². The maximum Gasteiger partial charge on any atom is 0.236 e. The van der Waals surface area contributed by atoms with Gasteiger partial charge in [-0.25, -0.2) is 4.98 Å². The molecular weight excluding hydrogens is 411 g/mol. The summed E-state index contributed by atoms with van der Waals surface area (Å²) in [7, 11) is 3.81. The molecule has 156 valence electrons. The van der Waals surface area contributed by atoms with E-state index in [0.29, 0.717) is 55.3 Å². The van der Waals surface area contributed by atoms with E-state index in [2.05, 4.69) is 20.2 Å². The van der Waals surface area contributed by atoms with E-state index in [1.54, 1.807) is 6.07 Å². The number of aryl methyl sites for hydroxylation is 1. The average molecular weight is 437 g/mol. The molecule has 0 radical (unpaired) electrons. The number of benzene rings is 1. The van der Waals surface area contributed by atoms with E-state index < -0.39 is 0 Å². The van der Waals surface area contributed by atoms with Crippen LogP contribution >= 0.6 is 23.2 Å². The fourth-order valence-corrected chi connectivity index (χ4v) is 3.64. The average Bonchev–Trinajstić information content (AvgIpc) is 2.66. The van der Waals surface area contributed by atoms with E-state index in [4.69, 9.17) is 23.2 Å². The molecule has 0 saturated carbocycles. The predicted molar refractivity (Wildman–Crippen MR) is 118 cm³/mol. The second-order valence-electron chi connectivity index (χ2n) is 7.39. The SMILES string of the molecule is Cc1cc(NCc2ccc(Cl)cc2Cl)nc(N2CCN(C(=O)CN(C)C)CC2)n1. The number of likely N-dealkylation sites (N-methyl/N-ethyl adjacent to an activating group) is 1. The lowest BCUT2D eigenvalue weighted by molar-refractivity contribution is -0.132. The van der Waals surface area contributed by atoms with Crippen LogP contribution in [0.3, 0.4) is 0 Å². The Bertz CT molecular complexity index is 868. The minimum Gasteiger partial charge on any atom is -0.366 e. The lowest BCUT2D eigenvalue weighted by Crippen LogP contribution is -2.51. The van der Waals surface area contributed by atoms with Gasteiger partial charge < -0.3 is 20.0 Å². The summed E-state index contributed by atoms with van der Waals surface area (Å²) in [5.41, 5.74) is 1.83. The summed E-state index contributed by atoms with van der Waals surface area (Å²) in [6, 6.07) is 7.35. The van der Waals surface area contributed by atoms with Crippen molar-refractivity contribution in [1.82, 2.24) is 19.8 Å². The zero-order valence-electron chi connectivity index (χ0n) is 17.0. The highest BCUT2D eigenvalue weighted by Crippen LogP contribution is 2.22. The molecule has 29 heavy (non-hydrogen) atoms. The molecule has 2 aromatic rings. The second kappa shape index (κ2) is 9.61. The van der Waals surface area contributed by atoms with Crippen molar-refractivity contribution in [2.45, 2.75) is 13.5 Å². The molecule has 7 nitrogen and oxygen atoms in total. The van der Waals surface area contributed by atoms with Crippen molar-refractivity contribution in [2.24, 2.45) is 0 Å². The topological polar surface area (TPSA) is 64.6 Å². The number of piperazine rings is 1. The van der Waals surface area contributed by atoms with Gasteiger partial charge in [-0.1, -0.05) is 29.3 Å². The van der Waals surface area contributed by atoms with E-state index in [1.165, 1.54) is 0 Å². The molecule has 3 rings (SSSR count). The number of carbonyl (C=O) groups is 1. The van der Waals surface area contributed by atoms with Gasteiger partial charge in [-0.2, -0.15) is 4.98 Å². The molecule has 1 aromatic heterocycles. The van der Waals surface area contributed by atoms with Crippen LogP contribution < -0.4 is 10.2 Å². The van der Waals surface area contributed by atoms with Crippen LogP contribution in [0.5, 0.6) is 0 Å². The van der Waals surface area contributed by atoms with Crippen LogP contribution in [0.4, 0.5) is 11.8 Å². The zero-order chi connectivity index (χ0) is 21.0. The third kappa shape index (κ3) is 5.95. The number of aromatic nitrogens is 2. The Morgan fingerprint density at radius 2 is 1.86 bits per heavy atom. The van der Waals surface area contributed by atoms with Crippen LogP contribution in [-0.4, -0.2) is 72.5 Å². The summed E-state index contributed by atoms with van der Waals surface area (Å²) < 4.78 is 0. The van der Waals surface area contributed by atoms with Gasteiger partial charge >= 0.3 is 0 Å². The smallest absolute Gasteiger partial charge is 0.236 e. The highest BCUT2D eigenvalue weighted by atomic mass is 35.5. The molecule has 1 aromatic carbocycles. The van der Waals surface area contributed by atoms with Gasteiger partial charge in [0.2, 0.25) is 11.9 Å². The first kappa shape index (κ1) is 21.6. The summed E-state index contributed by atoms with van der Waals surface area (Å²) in [5.74, 6) is 1.57. The fourth-order valence-electron chi connectivity index (χ4n) is 3.16. The normalized spacial score (nSPS) is 14.4. The number of hydrogen-bond donors (Lipinski definition) is 1. The standard InChI is InChI=1S/C20H26Cl2N6O/c1-14-10-18(23-12-15-4-5-16(21)11-17(15)22)25-20(24-14)28-8-6-27(7-9-28)19(29)13-26(2)3/h4-5,10-11H,6-9,12-13H2,1-3H3,(H,23,24,25). The minimum absolute atomic E-state index is 0.155. The number of nitrogens with one attached hydrogen (secondary N) is 1. The number of amides is 1. The third-order valence-electron chi connectivity index (χ3n) is 4.68. The van der Waals surface area contributed by atoms with E-state index >= 15 is 0 Å². The molecule has 0 atom stereocenters. The number of carbonyl (C=O) groups excluding carboxylic acids is 1. The van der Waals surface area contributed by atoms with Crippen LogP contribution in [0, 0.1) is 6.92 Å². The Balaban J connectivity index is 1.63. The zero-order valence-corrected chi connectivity index (χ0v) is 18.5.